The molecule has 0 atom stereocenters. The van der Waals surface area contributed by atoms with E-state index in [9.17, 15) is 18.8 Å². The van der Waals surface area contributed by atoms with Crippen molar-refractivity contribution in [3.8, 4) is 0 Å². The van der Waals surface area contributed by atoms with Crippen molar-refractivity contribution in [3.63, 3.8) is 0 Å². The Morgan fingerprint density at radius 1 is 1.09 bits per heavy atom. The number of carbonyl (C=O) groups is 3. The zero-order chi connectivity index (χ0) is 24.6. The smallest absolute Gasteiger partial charge is 0.294 e. The van der Waals surface area contributed by atoms with Gasteiger partial charge in [-0.25, -0.2) is 9.37 Å². The standard InChI is InChI=1S/C26H29FN4O3/c1-16-20(13-21-22(15-30(4)25(21)28-16)24(33)26(34)29(2)3)23(32)18-9-11-31(12-10-18)14-17-5-7-19(27)8-6-17/h5-8,13,15,18H,9-12,14H2,1-4H3. The minimum atomic E-state index is -0.617. The summed E-state index contributed by atoms with van der Waals surface area (Å²) < 4.78 is 14.9. The highest BCUT2D eigenvalue weighted by Crippen LogP contribution is 2.28. The average Bonchev–Trinajstić information content (AvgIpc) is 3.14. The number of ketones is 2. The summed E-state index contributed by atoms with van der Waals surface area (Å²) in [5, 5.41) is 0.519. The molecule has 1 saturated heterocycles. The second kappa shape index (κ2) is 9.46. The summed E-state index contributed by atoms with van der Waals surface area (Å²) in [7, 11) is 4.83. The number of pyridine rings is 1. The van der Waals surface area contributed by atoms with Crippen molar-refractivity contribution in [2.45, 2.75) is 26.3 Å². The molecule has 0 unspecified atom stereocenters. The maximum atomic E-state index is 13.4. The van der Waals surface area contributed by atoms with Gasteiger partial charge in [0, 0.05) is 50.8 Å². The number of hydrogen-bond acceptors (Lipinski definition) is 5. The molecule has 3 heterocycles. The molecule has 0 aliphatic carbocycles. The van der Waals surface area contributed by atoms with E-state index in [1.54, 1.807) is 42.9 Å². The van der Waals surface area contributed by atoms with Crippen molar-refractivity contribution < 1.29 is 18.8 Å². The van der Waals surface area contributed by atoms with Crippen LogP contribution in [0.2, 0.25) is 0 Å². The van der Waals surface area contributed by atoms with E-state index >= 15 is 0 Å². The first-order chi connectivity index (χ1) is 16.2. The lowest BCUT2D eigenvalue weighted by atomic mass is 9.87. The highest BCUT2D eigenvalue weighted by atomic mass is 19.1. The molecule has 2 aromatic heterocycles. The average molecular weight is 465 g/mol. The predicted molar refractivity (Wildman–Crippen MR) is 127 cm³/mol. The first-order valence-corrected chi connectivity index (χ1v) is 11.4. The molecule has 3 aromatic rings. The van der Waals surface area contributed by atoms with E-state index in [4.69, 9.17) is 0 Å². The largest absolute Gasteiger partial charge is 0.342 e. The lowest BCUT2D eigenvalue weighted by molar-refractivity contribution is -0.124. The van der Waals surface area contributed by atoms with Crippen LogP contribution >= 0.6 is 0 Å². The van der Waals surface area contributed by atoms with Gasteiger partial charge in [0.15, 0.2) is 5.78 Å². The van der Waals surface area contributed by atoms with E-state index in [0.717, 1.165) is 38.0 Å². The molecule has 1 fully saturated rings. The third-order valence-corrected chi connectivity index (χ3v) is 6.53. The number of likely N-dealkylation sites (N-methyl/N-ethyl adjacent to an activating group) is 1. The number of nitrogens with zero attached hydrogens (tertiary/aromatic N) is 4. The fourth-order valence-electron chi connectivity index (χ4n) is 4.55. The zero-order valence-corrected chi connectivity index (χ0v) is 20.0. The highest BCUT2D eigenvalue weighted by molar-refractivity contribution is 6.44. The van der Waals surface area contributed by atoms with Crippen LogP contribution in [0.15, 0.2) is 36.5 Å². The van der Waals surface area contributed by atoms with Crippen LogP contribution in [0.4, 0.5) is 4.39 Å². The number of aryl methyl sites for hydroxylation is 2. The lowest BCUT2D eigenvalue weighted by Crippen LogP contribution is -2.36. The van der Waals surface area contributed by atoms with E-state index in [-0.39, 0.29) is 23.1 Å². The van der Waals surface area contributed by atoms with Gasteiger partial charge in [-0.05, 0) is 56.6 Å². The van der Waals surface area contributed by atoms with E-state index < -0.39 is 11.7 Å². The molecule has 0 radical (unpaired) electrons. The Morgan fingerprint density at radius 2 is 1.74 bits per heavy atom. The van der Waals surface area contributed by atoms with E-state index in [1.165, 1.54) is 31.1 Å². The number of rotatable bonds is 6. The Labute approximate surface area is 198 Å². The molecule has 0 spiro atoms. The van der Waals surface area contributed by atoms with Crippen LogP contribution in [0.3, 0.4) is 0 Å². The summed E-state index contributed by atoms with van der Waals surface area (Å²) in [5.41, 5.74) is 2.99. The van der Waals surface area contributed by atoms with Crippen molar-refractivity contribution in [2.75, 3.05) is 27.2 Å². The maximum absolute atomic E-state index is 13.4. The van der Waals surface area contributed by atoms with Gasteiger partial charge in [0.05, 0.1) is 11.3 Å². The molecule has 178 valence electrons. The van der Waals surface area contributed by atoms with Crippen molar-refractivity contribution in [3.05, 3.63) is 64.7 Å². The normalized spacial score (nSPS) is 15.0. The summed E-state index contributed by atoms with van der Waals surface area (Å²) in [6.07, 6.45) is 3.04. The number of fused-ring (bicyclic) bond motifs is 1. The molecule has 34 heavy (non-hydrogen) atoms. The molecular formula is C26H29FN4O3. The number of piperidine rings is 1. The number of amides is 1. The number of aromatic nitrogens is 2. The summed E-state index contributed by atoms with van der Waals surface area (Å²) in [6, 6.07) is 8.23. The van der Waals surface area contributed by atoms with Crippen LogP contribution in [0.25, 0.3) is 11.0 Å². The highest BCUT2D eigenvalue weighted by Gasteiger charge is 2.29. The summed E-state index contributed by atoms with van der Waals surface area (Å²) in [5.74, 6) is -1.59. The topological polar surface area (TPSA) is 75.5 Å². The van der Waals surface area contributed by atoms with Gasteiger partial charge in [0.1, 0.15) is 11.5 Å². The Hall–Kier alpha value is -3.39. The minimum absolute atomic E-state index is 0.0227. The molecule has 1 aliphatic heterocycles. The predicted octanol–water partition coefficient (Wildman–Crippen LogP) is 3.39. The van der Waals surface area contributed by atoms with Gasteiger partial charge >= 0.3 is 0 Å². The van der Waals surface area contributed by atoms with Crippen molar-refractivity contribution in [1.82, 2.24) is 19.4 Å². The molecular weight excluding hydrogens is 435 g/mol. The number of likely N-dealkylation sites (tertiary alicyclic amines) is 1. The fraction of sp³-hybridized carbons (Fsp3) is 0.385. The first kappa shape index (κ1) is 23.8. The van der Waals surface area contributed by atoms with Crippen LogP contribution in [-0.4, -0.2) is 64.0 Å². The van der Waals surface area contributed by atoms with Gasteiger partial charge in [-0.1, -0.05) is 12.1 Å². The second-order valence-corrected chi connectivity index (χ2v) is 9.22. The number of halogens is 1. The third-order valence-electron chi connectivity index (χ3n) is 6.53. The number of Topliss-reactive ketones (excluding diaryl/α,β-unsaturated/α-hetero) is 2. The van der Waals surface area contributed by atoms with E-state index in [0.29, 0.717) is 22.3 Å². The maximum Gasteiger partial charge on any atom is 0.294 e. The van der Waals surface area contributed by atoms with Crippen LogP contribution in [0.1, 0.15) is 44.8 Å². The Kier molecular flexibility index (Phi) is 6.61. The Morgan fingerprint density at radius 3 is 2.35 bits per heavy atom. The van der Waals surface area contributed by atoms with Crippen molar-refractivity contribution in [1.29, 1.82) is 0 Å². The molecule has 7 nitrogen and oxygen atoms in total. The first-order valence-electron chi connectivity index (χ1n) is 11.4. The van der Waals surface area contributed by atoms with Crippen LogP contribution in [0.5, 0.6) is 0 Å². The van der Waals surface area contributed by atoms with Gasteiger partial charge in [0.2, 0.25) is 0 Å². The van der Waals surface area contributed by atoms with Gasteiger partial charge in [-0.15, -0.1) is 0 Å². The van der Waals surface area contributed by atoms with E-state index in [1.807, 2.05) is 0 Å². The van der Waals surface area contributed by atoms with Gasteiger partial charge in [-0.2, -0.15) is 0 Å². The molecule has 8 heteroatoms. The van der Waals surface area contributed by atoms with Crippen LogP contribution in [-0.2, 0) is 18.4 Å². The van der Waals surface area contributed by atoms with E-state index in [2.05, 4.69) is 9.88 Å². The molecule has 1 amide bonds. The fourth-order valence-corrected chi connectivity index (χ4v) is 4.55. The number of hydrogen-bond donors (Lipinski definition) is 0. The SMILES string of the molecule is Cc1nc2c(cc1C(=O)C1CCN(Cc3ccc(F)cc3)CC1)c(C(=O)C(=O)N(C)C)cn2C. The molecule has 1 aliphatic rings. The van der Waals surface area contributed by atoms with Crippen LogP contribution in [0, 0.1) is 18.7 Å². The Bertz CT molecular complexity index is 1260. The molecule has 0 saturated carbocycles. The molecule has 1 aromatic carbocycles. The molecule has 4 rings (SSSR count). The summed E-state index contributed by atoms with van der Waals surface area (Å²) in [6.45, 7) is 4.07. The summed E-state index contributed by atoms with van der Waals surface area (Å²) in [4.78, 5) is 46.6. The van der Waals surface area contributed by atoms with Crippen LogP contribution < -0.4 is 0 Å². The Balaban J connectivity index is 1.53. The lowest BCUT2D eigenvalue weighted by Gasteiger charge is -2.31. The van der Waals surface area contributed by atoms with Crippen molar-refractivity contribution >= 4 is 28.5 Å². The third kappa shape index (κ3) is 4.63. The van der Waals surface area contributed by atoms with Gasteiger partial charge in [-0.3, -0.25) is 19.3 Å². The number of benzene rings is 1. The quantitative estimate of drug-likeness (QED) is 0.413. The monoisotopic (exact) mass is 464 g/mol. The minimum Gasteiger partial charge on any atom is -0.342 e. The summed E-state index contributed by atoms with van der Waals surface area (Å²) >= 11 is 0. The van der Waals surface area contributed by atoms with Crippen molar-refractivity contribution in [2.24, 2.45) is 13.0 Å². The van der Waals surface area contributed by atoms with Gasteiger partial charge < -0.3 is 9.47 Å². The van der Waals surface area contributed by atoms with Gasteiger partial charge in [0.25, 0.3) is 11.7 Å². The molecule has 0 N–H and O–H groups in total. The second-order valence-electron chi connectivity index (χ2n) is 9.22. The number of carbonyl (C=O) groups excluding carboxylic acids is 3. The molecule has 0 bridgehead atoms. The zero-order valence-electron chi connectivity index (χ0n) is 20.0.